The molecular weight excluding hydrogens is 316 g/mol. The van der Waals surface area contributed by atoms with Gasteiger partial charge in [-0.05, 0) is 43.7 Å². The highest BCUT2D eigenvalue weighted by Gasteiger charge is 2.22. The molecule has 1 aromatic rings. The Balaban J connectivity index is 1.38. The summed E-state index contributed by atoms with van der Waals surface area (Å²) < 4.78 is 0. The van der Waals surface area contributed by atoms with Crippen LogP contribution in [0.5, 0.6) is 0 Å². The zero-order valence-electron chi connectivity index (χ0n) is 14.8. The predicted molar refractivity (Wildman–Crippen MR) is 97.1 cm³/mol. The van der Waals surface area contributed by atoms with E-state index < -0.39 is 0 Å². The molecule has 1 aliphatic heterocycles. The number of carbonyl (C=O) groups is 2. The van der Waals surface area contributed by atoms with Crippen LogP contribution in [0, 0.1) is 5.92 Å². The SMILES string of the molecule is O=C(CNC(=O)C1CCCC1)NCc1ccc(N2CCCCC2)nc1. The first-order valence-corrected chi connectivity index (χ1v) is 9.46. The fourth-order valence-corrected chi connectivity index (χ4v) is 3.59. The minimum atomic E-state index is -0.161. The van der Waals surface area contributed by atoms with Gasteiger partial charge in [0.1, 0.15) is 5.82 Å². The molecule has 2 N–H and O–H groups in total. The van der Waals surface area contributed by atoms with Crippen molar-refractivity contribution < 1.29 is 9.59 Å². The number of nitrogens with one attached hydrogen (secondary N) is 2. The smallest absolute Gasteiger partial charge is 0.239 e. The summed E-state index contributed by atoms with van der Waals surface area (Å²) in [4.78, 5) is 30.6. The lowest BCUT2D eigenvalue weighted by Gasteiger charge is -2.27. The predicted octanol–water partition coefficient (Wildman–Crippen LogP) is 1.99. The summed E-state index contributed by atoms with van der Waals surface area (Å²) in [6, 6.07) is 4.03. The second-order valence-corrected chi connectivity index (χ2v) is 7.05. The molecule has 1 saturated heterocycles. The number of carbonyl (C=O) groups excluding carboxylic acids is 2. The largest absolute Gasteiger partial charge is 0.357 e. The minimum absolute atomic E-state index is 0.0141. The van der Waals surface area contributed by atoms with Gasteiger partial charge in [0.15, 0.2) is 0 Å². The lowest BCUT2D eigenvalue weighted by Crippen LogP contribution is -2.38. The van der Waals surface area contributed by atoms with Gasteiger partial charge in [0.25, 0.3) is 0 Å². The number of hydrogen-bond donors (Lipinski definition) is 2. The van der Waals surface area contributed by atoms with Crippen LogP contribution in [0.3, 0.4) is 0 Å². The maximum absolute atomic E-state index is 11.9. The summed E-state index contributed by atoms with van der Waals surface area (Å²) in [5.74, 6) is 0.963. The monoisotopic (exact) mass is 344 g/mol. The van der Waals surface area contributed by atoms with Crippen LogP contribution < -0.4 is 15.5 Å². The molecule has 0 aromatic carbocycles. The number of anilines is 1. The molecular formula is C19H28N4O2. The van der Waals surface area contributed by atoms with Crippen LogP contribution >= 0.6 is 0 Å². The number of aromatic nitrogens is 1. The molecule has 25 heavy (non-hydrogen) atoms. The van der Waals surface area contributed by atoms with Crippen molar-refractivity contribution in [2.45, 2.75) is 51.5 Å². The summed E-state index contributed by atoms with van der Waals surface area (Å²) in [6.45, 7) is 2.63. The molecule has 2 heterocycles. The van der Waals surface area contributed by atoms with E-state index in [4.69, 9.17) is 0 Å². The van der Waals surface area contributed by atoms with E-state index in [-0.39, 0.29) is 24.3 Å². The zero-order chi connectivity index (χ0) is 17.5. The molecule has 0 unspecified atom stereocenters. The Bertz CT molecular complexity index is 576. The summed E-state index contributed by atoms with van der Waals surface area (Å²) in [5, 5.41) is 5.58. The van der Waals surface area contributed by atoms with E-state index in [2.05, 4.69) is 20.5 Å². The fourth-order valence-electron chi connectivity index (χ4n) is 3.59. The average Bonchev–Trinajstić information content (AvgIpc) is 3.20. The van der Waals surface area contributed by atoms with E-state index in [9.17, 15) is 9.59 Å². The standard InChI is InChI=1S/C19H28N4O2/c24-18(14-22-19(25)16-6-2-3-7-16)21-13-15-8-9-17(20-12-15)23-10-4-1-5-11-23/h8-9,12,16H,1-7,10-11,13-14H2,(H,21,24)(H,22,25). The van der Waals surface area contributed by atoms with Gasteiger partial charge in [-0.3, -0.25) is 9.59 Å². The van der Waals surface area contributed by atoms with Gasteiger partial charge in [-0.2, -0.15) is 0 Å². The Morgan fingerprint density at radius 3 is 2.48 bits per heavy atom. The van der Waals surface area contributed by atoms with E-state index in [0.717, 1.165) is 50.2 Å². The molecule has 6 nitrogen and oxygen atoms in total. The third kappa shape index (κ3) is 5.18. The van der Waals surface area contributed by atoms with Crippen molar-refractivity contribution in [1.29, 1.82) is 0 Å². The van der Waals surface area contributed by atoms with Gasteiger partial charge in [0.2, 0.25) is 11.8 Å². The lowest BCUT2D eigenvalue weighted by atomic mass is 10.1. The summed E-state index contributed by atoms with van der Waals surface area (Å²) in [6.07, 6.45) is 9.71. The Kier molecular flexibility index (Phi) is 6.25. The van der Waals surface area contributed by atoms with Gasteiger partial charge in [0.05, 0.1) is 6.54 Å². The highest BCUT2D eigenvalue weighted by molar-refractivity contribution is 5.85. The topological polar surface area (TPSA) is 74.3 Å². The van der Waals surface area contributed by atoms with Crippen LogP contribution in [-0.2, 0) is 16.1 Å². The number of amides is 2. The van der Waals surface area contributed by atoms with Gasteiger partial charge in [-0.25, -0.2) is 4.98 Å². The van der Waals surface area contributed by atoms with Gasteiger partial charge in [0, 0.05) is 31.7 Å². The molecule has 6 heteroatoms. The lowest BCUT2D eigenvalue weighted by molar-refractivity contribution is -0.128. The first kappa shape index (κ1) is 17.7. The Morgan fingerprint density at radius 2 is 1.80 bits per heavy atom. The first-order chi connectivity index (χ1) is 12.2. The van der Waals surface area contributed by atoms with E-state index in [1.807, 2.05) is 18.3 Å². The van der Waals surface area contributed by atoms with Crippen molar-refractivity contribution in [3.8, 4) is 0 Å². The molecule has 2 fully saturated rings. The summed E-state index contributed by atoms with van der Waals surface area (Å²) >= 11 is 0. The Hall–Kier alpha value is -2.11. The first-order valence-electron chi connectivity index (χ1n) is 9.46. The molecule has 2 amide bonds. The molecule has 1 saturated carbocycles. The molecule has 1 aromatic heterocycles. The average molecular weight is 344 g/mol. The van der Waals surface area contributed by atoms with E-state index in [1.54, 1.807) is 0 Å². The maximum atomic E-state index is 11.9. The van der Waals surface area contributed by atoms with Crippen LogP contribution in [0.4, 0.5) is 5.82 Å². The Labute approximate surface area is 149 Å². The third-order valence-corrected chi connectivity index (χ3v) is 5.13. The highest BCUT2D eigenvalue weighted by atomic mass is 16.2. The van der Waals surface area contributed by atoms with Crippen molar-refractivity contribution in [3.05, 3.63) is 23.9 Å². The molecule has 3 rings (SSSR count). The number of piperidine rings is 1. The molecule has 0 bridgehead atoms. The van der Waals surface area contributed by atoms with Crippen LogP contribution in [0.2, 0.25) is 0 Å². The van der Waals surface area contributed by atoms with Crippen LogP contribution in [0.15, 0.2) is 18.3 Å². The van der Waals surface area contributed by atoms with Gasteiger partial charge < -0.3 is 15.5 Å². The minimum Gasteiger partial charge on any atom is -0.357 e. The number of nitrogens with zero attached hydrogens (tertiary/aromatic N) is 2. The molecule has 136 valence electrons. The highest BCUT2D eigenvalue weighted by Crippen LogP contribution is 2.24. The molecule has 0 radical (unpaired) electrons. The molecule has 2 aliphatic rings. The number of hydrogen-bond acceptors (Lipinski definition) is 4. The maximum Gasteiger partial charge on any atom is 0.239 e. The van der Waals surface area contributed by atoms with Crippen molar-refractivity contribution in [3.63, 3.8) is 0 Å². The number of pyridine rings is 1. The number of rotatable bonds is 6. The zero-order valence-corrected chi connectivity index (χ0v) is 14.8. The van der Waals surface area contributed by atoms with Gasteiger partial charge in [-0.1, -0.05) is 18.9 Å². The van der Waals surface area contributed by atoms with Crippen molar-refractivity contribution in [1.82, 2.24) is 15.6 Å². The van der Waals surface area contributed by atoms with Crippen molar-refractivity contribution >= 4 is 17.6 Å². The van der Waals surface area contributed by atoms with Crippen molar-refractivity contribution in [2.75, 3.05) is 24.5 Å². The van der Waals surface area contributed by atoms with Crippen LogP contribution in [0.25, 0.3) is 0 Å². The van der Waals surface area contributed by atoms with E-state index >= 15 is 0 Å². The van der Waals surface area contributed by atoms with Crippen molar-refractivity contribution in [2.24, 2.45) is 5.92 Å². The Morgan fingerprint density at radius 1 is 1.04 bits per heavy atom. The molecule has 0 atom stereocenters. The normalized spacial score (nSPS) is 18.2. The molecule has 0 spiro atoms. The van der Waals surface area contributed by atoms with Gasteiger partial charge in [-0.15, -0.1) is 0 Å². The summed E-state index contributed by atoms with van der Waals surface area (Å²) in [5.41, 5.74) is 0.969. The summed E-state index contributed by atoms with van der Waals surface area (Å²) in [7, 11) is 0. The quantitative estimate of drug-likeness (QED) is 0.828. The van der Waals surface area contributed by atoms with Gasteiger partial charge >= 0.3 is 0 Å². The second-order valence-electron chi connectivity index (χ2n) is 7.05. The molecule has 1 aliphatic carbocycles. The second kappa shape index (κ2) is 8.83. The fraction of sp³-hybridized carbons (Fsp3) is 0.632. The van der Waals surface area contributed by atoms with E-state index in [1.165, 1.54) is 19.3 Å². The van der Waals surface area contributed by atoms with Crippen LogP contribution in [0.1, 0.15) is 50.5 Å². The van der Waals surface area contributed by atoms with Crippen LogP contribution in [-0.4, -0.2) is 36.4 Å². The third-order valence-electron chi connectivity index (χ3n) is 5.13. The van der Waals surface area contributed by atoms with E-state index in [0.29, 0.717) is 6.54 Å².